The van der Waals surface area contributed by atoms with Gasteiger partial charge in [-0.25, -0.2) is 4.39 Å². The number of carbonyl (C=O) groups is 1. The maximum Gasteiger partial charge on any atom is 0.151 e. The van der Waals surface area contributed by atoms with Crippen LogP contribution in [-0.4, -0.2) is 6.29 Å². The van der Waals surface area contributed by atoms with E-state index in [2.05, 4.69) is 0 Å². The molecule has 0 fully saturated rings. The number of nitrogens with zero attached hydrogens (tertiary/aromatic N) is 1. The standard InChI is InChI=1S/C10H4FNOS/c11-8-2-1-6(3-12)9-7(4-13)5-14-10(8)9/h1-2,4-5H. The largest absolute Gasteiger partial charge is 0.298 e. The fraction of sp³-hybridized carbons (Fsp3) is 0. The third-order valence-electron chi connectivity index (χ3n) is 1.95. The number of fused-ring (bicyclic) bond motifs is 1. The lowest BCUT2D eigenvalue weighted by Gasteiger charge is -1.95. The van der Waals surface area contributed by atoms with Gasteiger partial charge in [0.05, 0.1) is 16.3 Å². The molecule has 2 rings (SSSR count). The minimum atomic E-state index is -0.392. The van der Waals surface area contributed by atoms with Crippen LogP contribution in [0.4, 0.5) is 4.39 Å². The molecular formula is C10H4FNOS. The Labute approximate surface area is 83.2 Å². The van der Waals surface area contributed by atoms with E-state index in [1.54, 1.807) is 5.38 Å². The lowest BCUT2D eigenvalue weighted by Crippen LogP contribution is -1.83. The second kappa shape index (κ2) is 3.20. The summed E-state index contributed by atoms with van der Waals surface area (Å²) in [4.78, 5) is 10.6. The first-order valence-corrected chi connectivity index (χ1v) is 4.71. The monoisotopic (exact) mass is 205 g/mol. The summed E-state index contributed by atoms with van der Waals surface area (Å²) in [5.41, 5.74) is 0.714. The van der Waals surface area contributed by atoms with Crippen LogP contribution in [0.15, 0.2) is 17.5 Å². The van der Waals surface area contributed by atoms with E-state index in [-0.39, 0.29) is 0 Å². The van der Waals surface area contributed by atoms with Gasteiger partial charge < -0.3 is 0 Å². The first kappa shape index (κ1) is 8.85. The number of carbonyl (C=O) groups excluding carboxylic acids is 1. The highest BCUT2D eigenvalue weighted by molar-refractivity contribution is 7.17. The molecule has 0 aliphatic heterocycles. The molecule has 0 aliphatic rings. The molecule has 0 atom stereocenters. The molecule has 0 aliphatic carbocycles. The SMILES string of the molecule is N#Cc1ccc(F)c2scc(C=O)c12. The first-order chi connectivity index (χ1) is 6.77. The number of benzene rings is 1. The average Bonchev–Trinajstić information content (AvgIpc) is 2.63. The van der Waals surface area contributed by atoms with Crippen molar-refractivity contribution in [3.8, 4) is 6.07 Å². The van der Waals surface area contributed by atoms with Gasteiger partial charge in [-0.05, 0) is 12.1 Å². The van der Waals surface area contributed by atoms with Crippen LogP contribution >= 0.6 is 11.3 Å². The number of hydrogen-bond acceptors (Lipinski definition) is 3. The summed E-state index contributed by atoms with van der Waals surface area (Å²) < 4.78 is 13.6. The van der Waals surface area contributed by atoms with Crippen LogP contribution < -0.4 is 0 Å². The Morgan fingerprint density at radius 1 is 1.50 bits per heavy atom. The Morgan fingerprint density at radius 3 is 2.93 bits per heavy atom. The van der Waals surface area contributed by atoms with Crippen LogP contribution in [0.25, 0.3) is 10.1 Å². The van der Waals surface area contributed by atoms with Gasteiger partial charge in [0, 0.05) is 16.3 Å². The molecule has 2 aromatic rings. The molecule has 1 heterocycles. The molecule has 4 heteroatoms. The van der Waals surface area contributed by atoms with E-state index in [1.165, 1.54) is 12.1 Å². The summed E-state index contributed by atoms with van der Waals surface area (Å²) in [5, 5.41) is 10.8. The smallest absolute Gasteiger partial charge is 0.151 e. The van der Waals surface area contributed by atoms with Crippen LogP contribution in [0.2, 0.25) is 0 Å². The Balaban J connectivity index is 2.97. The van der Waals surface area contributed by atoms with Crippen molar-refractivity contribution in [1.82, 2.24) is 0 Å². The molecule has 0 N–H and O–H groups in total. The van der Waals surface area contributed by atoms with Crippen LogP contribution in [0.5, 0.6) is 0 Å². The number of aldehydes is 1. The molecule has 2 nitrogen and oxygen atoms in total. The third-order valence-corrected chi connectivity index (χ3v) is 2.96. The highest BCUT2D eigenvalue weighted by Gasteiger charge is 2.11. The maximum absolute atomic E-state index is 13.2. The number of thiophene rings is 1. The van der Waals surface area contributed by atoms with Gasteiger partial charge in [0.2, 0.25) is 0 Å². The fourth-order valence-electron chi connectivity index (χ4n) is 1.32. The van der Waals surface area contributed by atoms with Gasteiger partial charge in [0.15, 0.2) is 6.29 Å². The van der Waals surface area contributed by atoms with E-state index in [9.17, 15) is 9.18 Å². The quantitative estimate of drug-likeness (QED) is 0.671. The lowest BCUT2D eigenvalue weighted by molar-refractivity contribution is 0.112. The zero-order chi connectivity index (χ0) is 10.1. The van der Waals surface area contributed by atoms with E-state index < -0.39 is 5.82 Å². The molecule has 0 amide bonds. The minimum Gasteiger partial charge on any atom is -0.298 e. The van der Waals surface area contributed by atoms with Gasteiger partial charge in [-0.15, -0.1) is 11.3 Å². The fourth-order valence-corrected chi connectivity index (χ4v) is 2.26. The van der Waals surface area contributed by atoms with Gasteiger partial charge in [0.1, 0.15) is 5.82 Å². The van der Waals surface area contributed by atoms with Crippen LogP contribution in [0, 0.1) is 17.1 Å². The van der Waals surface area contributed by atoms with Gasteiger partial charge in [0.25, 0.3) is 0 Å². The zero-order valence-electron chi connectivity index (χ0n) is 6.95. The molecule has 0 saturated heterocycles. The predicted octanol–water partition coefficient (Wildman–Crippen LogP) is 2.72. The van der Waals surface area contributed by atoms with E-state index in [4.69, 9.17) is 5.26 Å². The lowest BCUT2D eigenvalue weighted by atomic mass is 10.1. The summed E-state index contributed by atoms with van der Waals surface area (Å²) in [6.45, 7) is 0. The number of halogens is 1. The summed E-state index contributed by atoms with van der Waals surface area (Å²) in [7, 11) is 0. The van der Waals surface area contributed by atoms with Crippen molar-refractivity contribution in [1.29, 1.82) is 5.26 Å². The molecule has 1 aromatic carbocycles. The summed E-state index contributed by atoms with van der Waals surface area (Å²) in [6, 6.07) is 4.57. The van der Waals surface area contributed by atoms with E-state index >= 15 is 0 Å². The maximum atomic E-state index is 13.2. The first-order valence-electron chi connectivity index (χ1n) is 3.83. The molecule has 1 aromatic heterocycles. The van der Waals surface area contributed by atoms with E-state index in [0.29, 0.717) is 27.5 Å². The molecule has 0 bridgehead atoms. The molecular weight excluding hydrogens is 201 g/mol. The van der Waals surface area contributed by atoms with E-state index in [1.807, 2.05) is 6.07 Å². The Hall–Kier alpha value is -1.73. The third kappa shape index (κ3) is 1.10. The highest BCUT2D eigenvalue weighted by Crippen LogP contribution is 2.30. The van der Waals surface area contributed by atoms with Gasteiger partial charge in [-0.1, -0.05) is 0 Å². The normalized spacial score (nSPS) is 10.0. The van der Waals surface area contributed by atoms with Crippen molar-refractivity contribution in [2.75, 3.05) is 0 Å². The van der Waals surface area contributed by atoms with Crippen LogP contribution in [0.1, 0.15) is 15.9 Å². The van der Waals surface area contributed by atoms with Crippen LogP contribution in [-0.2, 0) is 0 Å². The van der Waals surface area contributed by atoms with Crippen LogP contribution in [0.3, 0.4) is 0 Å². The molecule has 0 radical (unpaired) electrons. The second-order valence-corrected chi connectivity index (χ2v) is 3.60. The van der Waals surface area contributed by atoms with Crippen molar-refractivity contribution < 1.29 is 9.18 Å². The van der Waals surface area contributed by atoms with Crippen molar-refractivity contribution in [3.05, 3.63) is 34.5 Å². The summed E-state index contributed by atoms with van der Waals surface area (Å²) in [5.74, 6) is -0.392. The Kier molecular flexibility index (Phi) is 2.02. The highest BCUT2D eigenvalue weighted by atomic mass is 32.1. The van der Waals surface area contributed by atoms with Gasteiger partial charge in [-0.3, -0.25) is 4.79 Å². The molecule has 14 heavy (non-hydrogen) atoms. The van der Waals surface area contributed by atoms with Crippen molar-refractivity contribution in [2.45, 2.75) is 0 Å². The second-order valence-electron chi connectivity index (χ2n) is 2.72. The Bertz CT molecular complexity index is 553. The molecule has 0 spiro atoms. The van der Waals surface area contributed by atoms with E-state index in [0.717, 1.165) is 11.3 Å². The average molecular weight is 205 g/mol. The van der Waals surface area contributed by atoms with Crippen molar-refractivity contribution in [2.24, 2.45) is 0 Å². The van der Waals surface area contributed by atoms with Gasteiger partial charge >= 0.3 is 0 Å². The molecule has 68 valence electrons. The Morgan fingerprint density at radius 2 is 2.29 bits per heavy atom. The van der Waals surface area contributed by atoms with Crippen molar-refractivity contribution >= 4 is 27.7 Å². The minimum absolute atomic E-state index is 0.338. The number of rotatable bonds is 1. The molecule has 0 unspecified atom stereocenters. The van der Waals surface area contributed by atoms with Gasteiger partial charge in [-0.2, -0.15) is 5.26 Å². The van der Waals surface area contributed by atoms with Crippen molar-refractivity contribution in [3.63, 3.8) is 0 Å². The predicted molar refractivity (Wildman–Crippen MR) is 51.9 cm³/mol. The molecule has 0 saturated carbocycles. The zero-order valence-corrected chi connectivity index (χ0v) is 7.77. The topological polar surface area (TPSA) is 40.9 Å². The number of nitriles is 1. The summed E-state index contributed by atoms with van der Waals surface area (Å²) in [6.07, 6.45) is 0.638. The number of hydrogen-bond donors (Lipinski definition) is 0. The summed E-state index contributed by atoms with van der Waals surface area (Å²) >= 11 is 1.14.